The van der Waals surface area contributed by atoms with Crippen LogP contribution in [0.3, 0.4) is 0 Å². The SMILES string of the molecule is O=C(Cc1cccc(Br)c1)NCC(=O)NC1CC1. The Balaban J connectivity index is 1.72. The minimum Gasteiger partial charge on any atom is -0.352 e. The maximum atomic E-state index is 11.6. The fourth-order valence-corrected chi connectivity index (χ4v) is 2.03. The first kappa shape index (κ1) is 13.1. The number of carbonyl (C=O) groups excluding carboxylic acids is 2. The summed E-state index contributed by atoms with van der Waals surface area (Å²) in [5, 5.41) is 5.44. The second-order valence-electron chi connectivity index (χ2n) is 4.43. The van der Waals surface area contributed by atoms with Crippen LogP contribution >= 0.6 is 15.9 Å². The van der Waals surface area contributed by atoms with E-state index >= 15 is 0 Å². The Morgan fingerprint density at radius 2 is 2.06 bits per heavy atom. The van der Waals surface area contributed by atoms with Crippen molar-refractivity contribution in [2.75, 3.05) is 6.54 Å². The average molecular weight is 311 g/mol. The minimum absolute atomic E-state index is 0.0589. The summed E-state index contributed by atoms with van der Waals surface area (Å²) in [6, 6.07) is 7.90. The molecule has 0 unspecified atom stereocenters. The highest BCUT2D eigenvalue weighted by Gasteiger charge is 2.23. The van der Waals surface area contributed by atoms with Gasteiger partial charge in [-0.1, -0.05) is 28.1 Å². The van der Waals surface area contributed by atoms with Crippen LogP contribution < -0.4 is 10.6 Å². The molecule has 1 saturated carbocycles. The van der Waals surface area contributed by atoms with Gasteiger partial charge in [-0.2, -0.15) is 0 Å². The Kier molecular flexibility index (Phi) is 4.36. The summed E-state index contributed by atoms with van der Waals surface area (Å²) < 4.78 is 0.944. The lowest BCUT2D eigenvalue weighted by Crippen LogP contribution is -2.38. The van der Waals surface area contributed by atoms with Gasteiger partial charge >= 0.3 is 0 Å². The molecule has 1 aromatic rings. The minimum atomic E-state index is -0.140. The molecule has 1 fully saturated rings. The third kappa shape index (κ3) is 4.49. The van der Waals surface area contributed by atoms with Crippen LogP contribution in [-0.2, 0) is 16.0 Å². The van der Waals surface area contributed by atoms with Crippen molar-refractivity contribution in [3.63, 3.8) is 0 Å². The average Bonchev–Trinajstić information content (AvgIpc) is 3.10. The summed E-state index contributed by atoms with van der Waals surface area (Å²) >= 11 is 3.35. The molecule has 5 heteroatoms. The van der Waals surface area contributed by atoms with Crippen molar-refractivity contribution in [1.29, 1.82) is 0 Å². The van der Waals surface area contributed by atoms with Gasteiger partial charge in [-0.05, 0) is 30.5 Å². The molecule has 1 aromatic carbocycles. The number of nitrogens with one attached hydrogen (secondary N) is 2. The summed E-state index contributed by atoms with van der Waals surface area (Å²) in [6.07, 6.45) is 2.39. The van der Waals surface area contributed by atoms with Crippen molar-refractivity contribution in [3.8, 4) is 0 Å². The van der Waals surface area contributed by atoms with Gasteiger partial charge in [-0.15, -0.1) is 0 Å². The molecule has 1 aliphatic carbocycles. The van der Waals surface area contributed by atoms with E-state index in [2.05, 4.69) is 26.6 Å². The molecule has 96 valence electrons. The third-order valence-corrected chi connectivity index (χ3v) is 3.14. The van der Waals surface area contributed by atoms with Crippen molar-refractivity contribution in [2.24, 2.45) is 0 Å². The van der Waals surface area contributed by atoms with Crippen LogP contribution in [0.25, 0.3) is 0 Å². The van der Waals surface area contributed by atoms with Gasteiger partial charge in [0.25, 0.3) is 0 Å². The maximum Gasteiger partial charge on any atom is 0.239 e. The van der Waals surface area contributed by atoms with Gasteiger partial charge in [-0.25, -0.2) is 0 Å². The van der Waals surface area contributed by atoms with E-state index in [1.54, 1.807) is 0 Å². The van der Waals surface area contributed by atoms with E-state index in [1.807, 2.05) is 24.3 Å². The first-order chi connectivity index (χ1) is 8.63. The molecule has 0 aromatic heterocycles. The molecule has 0 aliphatic heterocycles. The molecule has 0 heterocycles. The molecule has 0 radical (unpaired) electrons. The van der Waals surface area contributed by atoms with E-state index < -0.39 is 0 Å². The van der Waals surface area contributed by atoms with Crippen LogP contribution in [0.1, 0.15) is 18.4 Å². The fourth-order valence-electron chi connectivity index (χ4n) is 1.58. The van der Waals surface area contributed by atoms with Crippen molar-refractivity contribution < 1.29 is 9.59 Å². The smallest absolute Gasteiger partial charge is 0.239 e. The van der Waals surface area contributed by atoms with Gasteiger partial charge in [0, 0.05) is 10.5 Å². The number of carbonyl (C=O) groups is 2. The topological polar surface area (TPSA) is 58.2 Å². The number of halogens is 1. The quantitative estimate of drug-likeness (QED) is 0.863. The van der Waals surface area contributed by atoms with Crippen LogP contribution in [0.2, 0.25) is 0 Å². The van der Waals surface area contributed by atoms with E-state index in [9.17, 15) is 9.59 Å². The molecule has 2 rings (SSSR count). The van der Waals surface area contributed by atoms with Gasteiger partial charge in [0.15, 0.2) is 0 Å². The van der Waals surface area contributed by atoms with Gasteiger partial charge in [0.05, 0.1) is 13.0 Å². The lowest BCUT2D eigenvalue weighted by Gasteiger charge is -2.06. The first-order valence-corrected chi connectivity index (χ1v) is 6.73. The normalized spacial score (nSPS) is 14.1. The predicted molar refractivity (Wildman–Crippen MR) is 72.0 cm³/mol. The largest absolute Gasteiger partial charge is 0.352 e. The van der Waals surface area contributed by atoms with E-state index in [0.29, 0.717) is 6.04 Å². The standard InChI is InChI=1S/C13H15BrN2O2/c14-10-3-1-2-9(6-10)7-12(17)15-8-13(18)16-11-4-5-11/h1-3,6,11H,4-5,7-8H2,(H,15,17)(H,16,18). The summed E-state index contributed by atoms with van der Waals surface area (Å²) in [5.41, 5.74) is 0.921. The second kappa shape index (κ2) is 6.00. The van der Waals surface area contributed by atoms with Gasteiger partial charge in [-0.3, -0.25) is 9.59 Å². The first-order valence-electron chi connectivity index (χ1n) is 5.94. The summed E-state index contributed by atoms with van der Waals surface area (Å²) in [4.78, 5) is 23.0. The summed E-state index contributed by atoms with van der Waals surface area (Å²) in [6.45, 7) is 0.0589. The molecular weight excluding hydrogens is 296 g/mol. The molecule has 18 heavy (non-hydrogen) atoms. The molecule has 0 saturated heterocycles. The zero-order valence-electron chi connectivity index (χ0n) is 9.91. The Bertz CT molecular complexity index is 458. The van der Waals surface area contributed by atoms with Gasteiger partial charge < -0.3 is 10.6 Å². The second-order valence-corrected chi connectivity index (χ2v) is 5.34. The molecule has 0 spiro atoms. The lowest BCUT2D eigenvalue weighted by molar-refractivity contribution is -0.125. The Morgan fingerprint density at radius 1 is 1.28 bits per heavy atom. The van der Waals surface area contributed by atoms with Crippen LogP contribution in [-0.4, -0.2) is 24.4 Å². The monoisotopic (exact) mass is 310 g/mol. The zero-order valence-corrected chi connectivity index (χ0v) is 11.5. The number of rotatable bonds is 5. The summed E-state index contributed by atoms with van der Waals surface area (Å²) in [7, 11) is 0. The van der Waals surface area contributed by atoms with E-state index in [1.165, 1.54) is 0 Å². The molecular formula is C13H15BrN2O2. The molecule has 4 nitrogen and oxygen atoms in total. The Hall–Kier alpha value is -1.36. The van der Waals surface area contributed by atoms with Crippen molar-refractivity contribution in [2.45, 2.75) is 25.3 Å². The highest BCUT2D eigenvalue weighted by molar-refractivity contribution is 9.10. The van der Waals surface area contributed by atoms with E-state index in [-0.39, 0.29) is 24.8 Å². The molecule has 0 atom stereocenters. The Labute approximate surface area is 114 Å². The van der Waals surface area contributed by atoms with Gasteiger partial charge in [0.2, 0.25) is 11.8 Å². The number of benzene rings is 1. The molecule has 1 aliphatic rings. The highest BCUT2D eigenvalue weighted by Crippen LogP contribution is 2.18. The fraction of sp³-hybridized carbons (Fsp3) is 0.385. The van der Waals surface area contributed by atoms with Crippen molar-refractivity contribution in [3.05, 3.63) is 34.3 Å². The zero-order chi connectivity index (χ0) is 13.0. The summed E-state index contributed by atoms with van der Waals surface area (Å²) in [5.74, 6) is -0.251. The third-order valence-electron chi connectivity index (χ3n) is 2.64. The van der Waals surface area contributed by atoms with Crippen LogP contribution in [0.15, 0.2) is 28.7 Å². The predicted octanol–water partition coefficient (Wildman–Crippen LogP) is 1.39. The maximum absolute atomic E-state index is 11.6. The van der Waals surface area contributed by atoms with Crippen molar-refractivity contribution in [1.82, 2.24) is 10.6 Å². The van der Waals surface area contributed by atoms with Crippen molar-refractivity contribution >= 4 is 27.7 Å². The van der Waals surface area contributed by atoms with Crippen LogP contribution in [0, 0.1) is 0 Å². The highest BCUT2D eigenvalue weighted by atomic mass is 79.9. The van der Waals surface area contributed by atoms with Gasteiger partial charge in [0.1, 0.15) is 0 Å². The number of hydrogen-bond acceptors (Lipinski definition) is 2. The molecule has 0 bridgehead atoms. The van der Waals surface area contributed by atoms with Crippen LogP contribution in [0.4, 0.5) is 0 Å². The Morgan fingerprint density at radius 3 is 2.72 bits per heavy atom. The lowest BCUT2D eigenvalue weighted by atomic mass is 10.1. The molecule has 2 N–H and O–H groups in total. The molecule has 2 amide bonds. The van der Waals surface area contributed by atoms with E-state index in [0.717, 1.165) is 22.9 Å². The number of amides is 2. The van der Waals surface area contributed by atoms with Crippen LogP contribution in [0.5, 0.6) is 0 Å². The van der Waals surface area contributed by atoms with E-state index in [4.69, 9.17) is 0 Å². The number of hydrogen-bond donors (Lipinski definition) is 2.